The van der Waals surface area contributed by atoms with Gasteiger partial charge in [-0.05, 0) is 25.1 Å². The highest BCUT2D eigenvalue weighted by Crippen LogP contribution is 2.25. The summed E-state index contributed by atoms with van der Waals surface area (Å²) in [7, 11) is 0. The Kier molecular flexibility index (Phi) is 8.63. The number of nitrogens with one attached hydrogen (secondary N) is 2. The summed E-state index contributed by atoms with van der Waals surface area (Å²) in [5, 5.41) is 8.51. The molecule has 7 heteroatoms. The largest absolute Gasteiger partial charge is 1.00 e. The first-order chi connectivity index (χ1) is 10.2. The van der Waals surface area contributed by atoms with E-state index in [9.17, 15) is 4.79 Å². The van der Waals surface area contributed by atoms with Crippen molar-refractivity contribution < 1.29 is 17.2 Å². The van der Waals surface area contributed by atoms with Crippen molar-refractivity contribution in [1.82, 2.24) is 10.3 Å². The monoisotopic (exact) mass is 402 g/mol. The molecule has 0 spiro atoms. The molecular weight excluding hydrogens is 386 g/mol. The van der Waals surface area contributed by atoms with Gasteiger partial charge in [-0.3, -0.25) is 4.79 Å². The number of unbranched alkanes of at least 4 members (excludes halogenated alkanes) is 1. The van der Waals surface area contributed by atoms with E-state index >= 15 is 0 Å². The molecule has 22 heavy (non-hydrogen) atoms. The molecule has 4 nitrogen and oxygen atoms in total. The fraction of sp³-hybridized carbons (Fsp3) is 0.333. The van der Waals surface area contributed by atoms with E-state index < -0.39 is 0 Å². The van der Waals surface area contributed by atoms with E-state index in [-0.39, 0.29) is 18.3 Å². The van der Waals surface area contributed by atoms with Gasteiger partial charge >= 0.3 is 0 Å². The van der Waals surface area contributed by atoms with Crippen LogP contribution < -0.4 is 23.0 Å². The second kappa shape index (κ2) is 9.94. The summed E-state index contributed by atoms with van der Waals surface area (Å²) in [5.74, 6) is -0.0530. The number of halogens is 2. The van der Waals surface area contributed by atoms with Gasteiger partial charge in [-0.1, -0.05) is 41.4 Å². The number of anilines is 1. The van der Waals surface area contributed by atoms with Crippen LogP contribution in [0.15, 0.2) is 34.1 Å². The number of amides is 1. The Bertz CT molecular complexity index is 589. The molecule has 0 saturated carbocycles. The minimum atomic E-state index is -0.0530. The standard InChI is InChI=1S/C15H18BrN3OS.ClH/c1-2-3-8-17-9-14(20)19-15-18-13(10-21-15)11-4-6-12(16)7-5-11;/h4-7,10,17H,2-3,8-9H2,1H3,(H,18,19,20);1H/p-1. The lowest BCUT2D eigenvalue weighted by Crippen LogP contribution is -3.00. The maximum Gasteiger partial charge on any atom is 0.240 e. The summed E-state index contributed by atoms with van der Waals surface area (Å²) >= 11 is 4.85. The van der Waals surface area contributed by atoms with Crippen molar-refractivity contribution in [3.05, 3.63) is 34.1 Å². The summed E-state index contributed by atoms with van der Waals surface area (Å²) in [5.41, 5.74) is 1.91. The minimum Gasteiger partial charge on any atom is -1.00 e. The van der Waals surface area contributed by atoms with Crippen LogP contribution in [0.2, 0.25) is 0 Å². The molecule has 0 atom stereocenters. The first kappa shape index (κ1) is 19.1. The average molecular weight is 404 g/mol. The molecule has 120 valence electrons. The molecule has 0 saturated heterocycles. The van der Waals surface area contributed by atoms with E-state index in [0.29, 0.717) is 11.7 Å². The van der Waals surface area contributed by atoms with Crippen LogP contribution in [0.25, 0.3) is 11.3 Å². The van der Waals surface area contributed by atoms with E-state index in [1.165, 1.54) is 11.3 Å². The molecule has 0 aliphatic carbocycles. The van der Waals surface area contributed by atoms with Gasteiger partial charge in [0.1, 0.15) is 0 Å². The van der Waals surface area contributed by atoms with Gasteiger partial charge in [0.2, 0.25) is 5.91 Å². The average Bonchev–Trinajstić information content (AvgIpc) is 2.93. The van der Waals surface area contributed by atoms with Crippen molar-refractivity contribution in [2.24, 2.45) is 0 Å². The highest BCUT2D eigenvalue weighted by atomic mass is 79.9. The number of carbonyl (C=O) groups excluding carboxylic acids is 1. The Labute approximate surface area is 149 Å². The molecule has 2 aromatic rings. The Morgan fingerprint density at radius 2 is 2.05 bits per heavy atom. The van der Waals surface area contributed by atoms with Gasteiger partial charge in [0.25, 0.3) is 0 Å². The number of aromatic nitrogens is 1. The summed E-state index contributed by atoms with van der Waals surface area (Å²) in [6.07, 6.45) is 2.20. The van der Waals surface area contributed by atoms with Crippen molar-refractivity contribution in [2.45, 2.75) is 19.8 Å². The van der Waals surface area contributed by atoms with Crippen molar-refractivity contribution in [3.8, 4) is 11.3 Å². The zero-order valence-electron chi connectivity index (χ0n) is 12.2. The molecule has 2 N–H and O–H groups in total. The topological polar surface area (TPSA) is 54.0 Å². The Balaban J connectivity index is 0.00000242. The van der Waals surface area contributed by atoms with E-state index in [0.717, 1.165) is 35.1 Å². The molecule has 0 fully saturated rings. The molecule has 0 unspecified atom stereocenters. The molecule has 1 aromatic carbocycles. The lowest BCUT2D eigenvalue weighted by Gasteiger charge is -2.03. The number of rotatable bonds is 7. The molecular formula is C15H18BrClN3OS-. The second-order valence-corrected chi connectivity index (χ2v) is 6.40. The normalized spacial score (nSPS) is 10.1. The van der Waals surface area contributed by atoms with Gasteiger partial charge < -0.3 is 23.0 Å². The van der Waals surface area contributed by atoms with Crippen LogP contribution in [-0.4, -0.2) is 24.0 Å². The quantitative estimate of drug-likeness (QED) is 0.676. The number of carbonyl (C=O) groups is 1. The third-order valence-electron chi connectivity index (χ3n) is 2.88. The van der Waals surface area contributed by atoms with Crippen molar-refractivity contribution in [1.29, 1.82) is 0 Å². The number of thiazole rings is 1. The Morgan fingerprint density at radius 1 is 1.32 bits per heavy atom. The van der Waals surface area contributed by atoms with Gasteiger partial charge in [0, 0.05) is 15.4 Å². The first-order valence-corrected chi connectivity index (χ1v) is 8.58. The minimum absolute atomic E-state index is 0. The fourth-order valence-corrected chi connectivity index (χ4v) is 2.75. The highest BCUT2D eigenvalue weighted by molar-refractivity contribution is 9.10. The van der Waals surface area contributed by atoms with E-state index in [1.807, 2.05) is 29.6 Å². The van der Waals surface area contributed by atoms with Crippen LogP contribution in [0.1, 0.15) is 19.8 Å². The van der Waals surface area contributed by atoms with Crippen molar-refractivity contribution in [2.75, 3.05) is 18.4 Å². The summed E-state index contributed by atoms with van der Waals surface area (Å²) in [4.78, 5) is 16.2. The first-order valence-electron chi connectivity index (χ1n) is 6.91. The highest BCUT2D eigenvalue weighted by Gasteiger charge is 2.07. The van der Waals surface area contributed by atoms with Gasteiger partial charge in [-0.15, -0.1) is 11.3 Å². The van der Waals surface area contributed by atoms with Crippen LogP contribution in [0.4, 0.5) is 5.13 Å². The molecule has 1 amide bonds. The molecule has 0 aliphatic rings. The summed E-state index contributed by atoms with van der Waals surface area (Å²) in [6.45, 7) is 3.32. The third-order valence-corrected chi connectivity index (χ3v) is 4.17. The number of hydrogen-bond acceptors (Lipinski definition) is 4. The Hall–Kier alpha value is -0.950. The van der Waals surface area contributed by atoms with Crippen LogP contribution in [0, 0.1) is 0 Å². The van der Waals surface area contributed by atoms with Crippen LogP contribution in [0.3, 0.4) is 0 Å². The lowest BCUT2D eigenvalue weighted by molar-refractivity contribution is -0.115. The maximum absolute atomic E-state index is 11.8. The molecule has 0 radical (unpaired) electrons. The van der Waals surface area contributed by atoms with Crippen molar-refractivity contribution >= 4 is 38.3 Å². The third kappa shape index (κ3) is 6.04. The van der Waals surface area contributed by atoms with Gasteiger partial charge in [0.05, 0.1) is 12.2 Å². The number of nitrogens with zero attached hydrogens (tertiary/aromatic N) is 1. The Morgan fingerprint density at radius 3 is 2.73 bits per heavy atom. The molecule has 1 heterocycles. The SMILES string of the molecule is CCCCNCC(=O)Nc1nc(-c2ccc(Br)cc2)cs1.[Cl-]. The molecule has 2 rings (SSSR count). The second-order valence-electron chi connectivity index (χ2n) is 4.62. The van der Waals surface area contributed by atoms with E-state index in [2.05, 4.69) is 38.5 Å². The van der Waals surface area contributed by atoms with Gasteiger partial charge in [0.15, 0.2) is 5.13 Å². The van der Waals surface area contributed by atoms with E-state index in [1.54, 1.807) is 0 Å². The predicted octanol–water partition coefficient (Wildman–Crippen LogP) is 0.905. The van der Waals surface area contributed by atoms with Crippen LogP contribution >= 0.6 is 27.3 Å². The molecule has 1 aromatic heterocycles. The lowest BCUT2D eigenvalue weighted by atomic mass is 10.2. The number of benzene rings is 1. The number of hydrogen-bond donors (Lipinski definition) is 2. The van der Waals surface area contributed by atoms with Gasteiger partial charge in [-0.2, -0.15) is 0 Å². The van der Waals surface area contributed by atoms with Crippen molar-refractivity contribution in [3.63, 3.8) is 0 Å². The predicted molar refractivity (Wildman–Crippen MR) is 91.7 cm³/mol. The zero-order valence-corrected chi connectivity index (χ0v) is 15.4. The summed E-state index contributed by atoms with van der Waals surface area (Å²) < 4.78 is 1.04. The smallest absolute Gasteiger partial charge is 0.240 e. The summed E-state index contributed by atoms with van der Waals surface area (Å²) in [6, 6.07) is 7.95. The molecule has 0 bridgehead atoms. The zero-order chi connectivity index (χ0) is 15.1. The fourth-order valence-electron chi connectivity index (χ4n) is 1.75. The molecule has 0 aliphatic heterocycles. The van der Waals surface area contributed by atoms with E-state index in [4.69, 9.17) is 0 Å². The van der Waals surface area contributed by atoms with Gasteiger partial charge in [-0.25, -0.2) is 4.98 Å². The maximum atomic E-state index is 11.8. The van der Waals surface area contributed by atoms with Crippen LogP contribution in [0.5, 0.6) is 0 Å². The van der Waals surface area contributed by atoms with Crippen LogP contribution in [-0.2, 0) is 4.79 Å².